The maximum atomic E-state index is 11.8. The molecule has 30 heavy (non-hydrogen) atoms. The van der Waals surface area contributed by atoms with E-state index in [1.165, 1.54) is 27.7 Å². The molecule has 1 rings (SSSR count). The number of carbonyl (C=O) groups excluding carboxylic acids is 4. The number of nitrogens with one attached hydrogen (secondary N) is 1. The number of ether oxygens (including phenoxy) is 5. The van der Waals surface area contributed by atoms with Crippen LogP contribution in [0.5, 0.6) is 0 Å². The van der Waals surface area contributed by atoms with Crippen LogP contribution in [0.15, 0.2) is 0 Å². The number of amides is 1. The minimum atomic E-state index is -1.11. The number of hydrogen-bond donors (Lipinski definition) is 1. The topological polar surface area (TPSA) is 126 Å². The Morgan fingerprint density at radius 3 is 2.03 bits per heavy atom. The number of rotatable bonds is 11. The van der Waals surface area contributed by atoms with Crippen LogP contribution in [0.2, 0.25) is 0 Å². The molecule has 1 aliphatic heterocycles. The standard InChI is InChI=1S/C20H33NO9/c1-6-7-8-9-10-26-20-17(21-12(2)22)19(29-15(5)25)18(28-14(4)24)16(30-20)11-27-13(3)23/h16-20H,6-11H2,1-5H3,(H,21,22)/t16-,17-,18-,19-,20+/m1/s1. The Kier molecular flexibility index (Phi) is 11.3. The zero-order valence-corrected chi connectivity index (χ0v) is 18.3. The molecular weight excluding hydrogens is 398 g/mol. The summed E-state index contributed by atoms with van der Waals surface area (Å²) in [6.45, 7) is 7.13. The molecular formula is C20H33NO9. The molecule has 0 aliphatic carbocycles. The quantitative estimate of drug-likeness (QED) is 0.292. The predicted molar refractivity (Wildman–Crippen MR) is 104 cm³/mol. The van der Waals surface area contributed by atoms with Crippen molar-refractivity contribution in [2.75, 3.05) is 13.2 Å². The summed E-state index contributed by atoms with van der Waals surface area (Å²) in [5, 5.41) is 2.66. The summed E-state index contributed by atoms with van der Waals surface area (Å²) in [5.74, 6) is -2.23. The first kappa shape index (κ1) is 25.8. The highest BCUT2D eigenvalue weighted by atomic mass is 16.7. The highest BCUT2D eigenvalue weighted by Crippen LogP contribution is 2.28. The molecule has 1 fully saturated rings. The first-order chi connectivity index (χ1) is 14.1. The first-order valence-electron chi connectivity index (χ1n) is 10.2. The maximum absolute atomic E-state index is 11.8. The van der Waals surface area contributed by atoms with Gasteiger partial charge < -0.3 is 29.0 Å². The molecule has 1 heterocycles. The van der Waals surface area contributed by atoms with Crippen LogP contribution < -0.4 is 5.32 Å². The van der Waals surface area contributed by atoms with Crippen molar-refractivity contribution < 1.29 is 42.9 Å². The van der Waals surface area contributed by atoms with Crippen LogP contribution in [0.1, 0.15) is 60.3 Å². The second kappa shape index (κ2) is 13.2. The first-order valence-corrected chi connectivity index (χ1v) is 10.2. The van der Waals surface area contributed by atoms with Crippen molar-refractivity contribution in [1.82, 2.24) is 5.32 Å². The van der Waals surface area contributed by atoms with Gasteiger partial charge in [0.05, 0.1) is 0 Å². The number of carbonyl (C=O) groups is 4. The van der Waals surface area contributed by atoms with Crippen LogP contribution in [-0.4, -0.2) is 67.7 Å². The molecule has 1 saturated heterocycles. The van der Waals surface area contributed by atoms with Gasteiger partial charge in [-0.2, -0.15) is 0 Å². The van der Waals surface area contributed by atoms with E-state index in [9.17, 15) is 19.2 Å². The summed E-state index contributed by atoms with van der Waals surface area (Å²) >= 11 is 0. The van der Waals surface area contributed by atoms with Gasteiger partial charge in [-0.15, -0.1) is 0 Å². The number of hydrogen-bond acceptors (Lipinski definition) is 9. The SMILES string of the molecule is CCCCCCO[C@H]1O[C@H](COC(C)=O)[C@@H](OC(C)=O)[C@H](OC(C)=O)[C@H]1NC(C)=O. The molecule has 0 aromatic carbocycles. The van der Waals surface area contributed by atoms with Crippen molar-refractivity contribution in [2.24, 2.45) is 0 Å². The second-order valence-electron chi connectivity index (χ2n) is 7.15. The van der Waals surface area contributed by atoms with Gasteiger partial charge in [0, 0.05) is 34.3 Å². The smallest absolute Gasteiger partial charge is 0.303 e. The Balaban J connectivity index is 3.13. The molecule has 0 radical (unpaired) electrons. The van der Waals surface area contributed by atoms with E-state index in [2.05, 4.69) is 12.2 Å². The van der Waals surface area contributed by atoms with Crippen molar-refractivity contribution in [2.45, 2.75) is 90.9 Å². The Morgan fingerprint density at radius 1 is 0.867 bits per heavy atom. The molecule has 5 atom stereocenters. The fraction of sp³-hybridized carbons (Fsp3) is 0.800. The molecule has 0 unspecified atom stereocenters. The van der Waals surface area contributed by atoms with Crippen molar-refractivity contribution in [1.29, 1.82) is 0 Å². The van der Waals surface area contributed by atoms with Crippen LogP contribution >= 0.6 is 0 Å². The third-order valence-electron chi connectivity index (χ3n) is 4.35. The fourth-order valence-electron chi connectivity index (χ4n) is 3.16. The number of unbranched alkanes of at least 4 members (excludes halogenated alkanes) is 3. The summed E-state index contributed by atoms with van der Waals surface area (Å²) < 4.78 is 27.5. The average Bonchev–Trinajstić information content (AvgIpc) is 2.63. The Bertz CT molecular complexity index is 595. The van der Waals surface area contributed by atoms with Crippen LogP contribution in [0, 0.1) is 0 Å². The lowest BCUT2D eigenvalue weighted by atomic mass is 9.96. The van der Waals surface area contributed by atoms with Crippen LogP contribution in [0.25, 0.3) is 0 Å². The van der Waals surface area contributed by atoms with Crippen molar-refractivity contribution in [3.05, 3.63) is 0 Å². The summed E-state index contributed by atoms with van der Waals surface area (Å²) in [5.41, 5.74) is 0. The van der Waals surface area contributed by atoms with Gasteiger partial charge in [0.2, 0.25) is 5.91 Å². The van der Waals surface area contributed by atoms with Crippen LogP contribution in [-0.2, 0) is 42.9 Å². The van der Waals surface area contributed by atoms with Gasteiger partial charge in [-0.1, -0.05) is 26.2 Å². The normalized spacial score (nSPS) is 25.8. The lowest BCUT2D eigenvalue weighted by Gasteiger charge is -2.44. The van der Waals surface area contributed by atoms with Gasteiger partial charge in [-0.3, -0.25) is 19.2 Å². The van der Waals surface area contributed by atoms with Crippen LogP contribution in [0.3, 0.4) is 0 Å². The molecule has 1 N–H and O–H groups in total. The highest BCUT2D eigenvalue weighted by molar-refractivity contribution is 5.73. The van der Waals surface area contributed by atoms with E-state index < -0.39 is 54.5 Å². The lowest BCUT2D eigenvalue weighted by molar-refractivity contribution is -0.277. The zero-order valence-electron chi connectivity index (χ0n) is 18.3. The van der Waals surface area contributed by atoms with E-state index in [1.807, 2.05) is 0 Å². The van der Waals surface area contributed by atoms with E-state index in [1.54, 1.807) is 0 Å². The van der Waals surface area contributed by atoms with E-state index in [-0.39, 0.29) is 6.61 Å². The Morgan fingerprint density at radius 2 is 1.50 bits per heavy atom. The van der Waals surface area contributed by atoms with Gasteiger partial charge in [-0.05, 0) is 6.42 Å². The average molecular weight is 431 g/mol. The summed E-state index contributed by atoms with van der Waals surface area (Å²) in [6.07, 6.45) is -0.274. The minimum absolute atomic E-state index is 0.243. The van der Waals surface area contributed by atoms with E-state index >= 15 is 0 Å². The Hall–Kier alpha value is -2.20. The molecule has 10 heteroatoms. The maximum Gasteiger partial charge on any atom is 0.303 e. The van der Waals surface area contributed by atoms with E-state index in [4.69, 9.17) is 23.7 Å². The molecule has 0 bridgehead atoms. The van der Waals surface area contributed by atoms with Gasteiger partial charge in [0.25, 0.3) is 0 Å². The largest absolute Gasteiger partial charge is 0.463 e. The minimum Gasteiger partial charge on any atom is -0.463 e. The van der Waals surface area contributed by atoms with Crippen molar-refractivity contribution in [3.63, 3.8) is 0 Å². The summed E-state index contributed by atoms with van der Waals surface area (Å²) in [6, 6.07) is -0.921. The van der Waals surface area contributed by atoms with Gasteiger partial charge in [0.1, 0.15) is 18.8 Å². The Labute approximate surface area is 176 Å². The predicted octanol–water partition coefficient (Wildman–Crippen LogP) is 1.24. The van der Waals surface area contributed by atoms with Gasteiger partial charge in [0.15, 0.2) is 18.5 Å². The molecule has 10 nitrogen and oxygen atoms in total. The monoisotopic (exact) mass is 431 g/mol. The zero-order chi connectivity index (χ0) is 22.7. The lowest BCUT2D eigenvalue weighted by Crippen LogP contribution is -2.66. The molecule has 0 saturated carbocycles. The van der Waals surface area contributed by atoms with E-state index in [0.717, 1.165) is 25.7 Å². The molecule has 172 valence electrons. The van der Waals surface area contributed by atoms with Gasteiger partial charge in [-0.25, -0.2) is 0 Å². The molecule has 0 aromatic rings. The van der Waals surface area contributed by atoms with Crippen molar-refractivity contribution in [3.8, 4) is 0 Å². The number of esters is 3. The van der Waals surface area contributed by atoms with Crippen molar-refractivity contribution >= 4 is 23.8 Å². The molecule has 0 aromatic heterocycles. The molecule has 0 spiro atoms. The molecule has 1 amide bonds. The third kappa shape index (κ3) is 9.08. The fourth-order valence-corrected chi connectivity index (χ4v) is 3.16. The van der Waals surface area contributed by atoms with Gasteiger partial charge >= 0.3 is 17.9 Å². The third-order valence-corrected chi connectivity index (χ3v) is 4.35. The highest BCUT2D eigenvalue weighted by Gasteiger charge is 2.51. The molecule has 1 aliphatic rings. The van der Waals surface area contributed by atoms with E-state index in [0.29, 0.717) is 6.61 Å². The second-order valence-corrected chi connectivity index (χ2v) is 7.15. The summed E-state index contributed by atoms with van der Waals surface area (Å²) in [4.78, 5) is 46.5. The summed E-state index contributed by atoms with van der Waals surface area (Å²) in [7, 11) is 0. The van der Waals surface area contributed by atoms with Crippen LogP contribution in [0.4, 0.5) is 0 Å².